The number of hydrogen-bond acceptors (Lipinski definition) is 3. The normalized spacial score (nSPS) is 20.4. The molecule has 0 radical (unpaired) electrons. The van der Waals surface area contributed by atoms with E-state index in [2.05, 4.69) is 11.9 Å². The van der Waals surface area contributed by atoms with E-state index >= 15 is 0 Å². The SMILES string of the molecule is Cc1ccc(C(O)C2CCN(C)CC2)c(N)c1. The minimum atomic E-state index is -0.413. The van der Waals surface area contributed by atoms with Crippen molar-refractivity contribution in [3.63, 3.8) is 0 Å². The molecular weight excluding hydrogens is 212 g/mol. The van der Waals surface area contributed by atoms with Gasteiger partial charge in [-0.15, -0.1) is 0 Å². The molecule has 2 rings (SSSR count). The highest BCUT2D eigenvalue weighted by Gasteiger charge is 2.25. The van der Waals surface area contributed by atoms with Crippen molar-refractivity contribution in [1.82, 2.24) is 4.90 Å². The monoisotopic (exact) mass is 234 g/mol. The van der Waals surface area contributed by atoms with E-state index in [9.17, 15) is 5.11 Å². The van der Waals surface area contributed by atoms with Crippen molar-refractivity contribution in [3.8, 4) is 0 Å². The number of benzene rings is 1. The van der Waals surface area contributed by atoms with Crippen LogP contribution >= 0.6 is 0 Å². The summed E-state index contributed by atoms with van der Waals surface area (Å²) in [4.78, 5) is 2.31. The van der Waals surface area contributed by atoms with E-state index in [4.69, 9.17) is 5.73 Å². The molecule has 0 amide bonds. The van der Waals surface area contributed by atoms with Gasteiger partial charge in [-0.2, -0.15) is 0 Å². The van der Waals surface area contributed by atoms with E-state index in [0.29, 0.717) is 5.92 Å². The van der Waals surface area contributed by atoms with E-state index in [1.165, 1.54) is 0 Å². The summed E-state index contributed by atoms with van der Waals surface area (Å²) in [6, 6.07) is 5.92. The third-order valence-electron chi connectivity index (χ3n) is 3.77. The summed E-state index contributed by atoms with van der Waals surface area (Å²) in [5, 5.41) is 10.4. The first-order chi connectivity index (χ1) is 8.08. The van der Waals surface area contributed by atoms with Gasteiger partial charge in [0.25, 0.3) is 0 Å². The van der Waals surface area contributed by atoms with Crippen LogP contribution in [-0.2, 0) is 0 Å². The van der Waals surface area contributed by atoms with Crippen LogP contribution in [0.3, 0.4) is 0 Å². The Balaban J connectivity index is 2.11. The minimum Gasteiger partial charge on any atom is -0.398 e. The molecule has 0 aliphatic carbocycles. The third-order valence-corrected chi connectivity index (χ3v) is 3.77. The maximum absolute atomic E-state index is 10.4. The maximum Gasteiger partial charge on any atom is 0.0838 e. The standard InChI is InChI=1S/C14H22N2O/c1-10-3-4-12(13(15)9-10)14(17)11-5-7-16(2)8-6-11/h3-4,9,11,14,17H,5-8,15H2,1-2H3. The summed E-state index contributed by atoms with van der Waals surface area (Å²) >= 11 is 0. The highest BCUT2D eigenvalue weighted by Crippen LogP contribution is 2.33. The van der Waals surface area contributed by atoms with Gasteiger partial charge in [0.1, 0.15) is 0 Å². The zero-order valence-corrected chi connectivity index (χ0v) is 10.7. The van der Waals surface area contributed by atoms with Crippen molar-refractivity contribution in [1.29, 1.82) is 0 Å². The van der Waals surface area contributed by atoms with Gasteiger partial charge in [-0.3, -0.25) is 0 Å². The summed E-state index contributed by atoms with van der Waals surface area (Å²) in [6.07, 6.45) is 1.68. The molecule has 1 aliphatic heterocycles. The van der Waals surface area contributed by atoms with Crippen molar-refractivity contribution < 1.29 is 5.11 Å². The molecule has 1 aromatic carbocycles. The van der Waals surface area contributed by atoms with Gasteiger partial charge < -0.3 is 15.7 Å². The fourth-order valence-corrected chi connectivity index (χ4v) is 2.56. The molecule has 17 heavy (non-hydrogen) atoms. The van der Waals surface area contributed by atoms with Crippen LogP contribution < -0.4 is 5.73 Å². The lowest BCUT2D eigenvalue weighted by atomic mass is 9.87. The van der Waals surface area contributed by atoms with Gasteiger partial charge in [-0.05, 0) is 57.5 Å². The Kier molecular flexibility index (Phi) is 3.69. The van der Waals surface area contributed by atoms with Crippen LogP contribution in [0.25, 0.3) is 0 Å². The van der Waals surface area contributed by atoms with E-state index in [0.717, 1.165) is 42.7 Å². The van der Waals surface area contributed by atoms with Crippen LogP contribution in [-0.4, -0.2) is 30.1 Å². The van der Waals surface area contributed by atoms with Gasteiger partial charge in [0.2, 0.25) is 0 Å². The molecule has 1 aliphatic rings. The number of nitrogens with zero attached hydrogens (tertiary/aromatic N) is 1. The van der Waals surface area contributed by atoms with Gasteiger partial charge in [0, 0.05) is 11.3 Å². The summed E-state index contributed by atoms with van der Waals surface area (Å²) in [7, 11) is 2.13. The first-order valence-corrected chi connectivity index (χ1v) is 6.30. The lowest BCUT2D eigenvalue weighted by Gasteiger charge is -2.32. The molecule has 1 saturated heterocycles. The van der Waals surface area contributed by atoms with Crippen LogP contribution in [0, 0.1) is 12.8 Å². The largest absolute Gasteiger partial charge is 0.398 e. The molecule has 3 heteroatoms. The predicted octanol–water partition coefficient (Wildman–Crippen LogP) is 1.95. The Morgan fingerprint density at radius 2 is 2.00 bits per heavy atom. The van der Waals surface area contributed by atoms with Crippen LogP contribution in [0.1, 0.15) is 30.1 Å². The Morgan fingerprint density at radius 3 is 2.59 bits per heavy atom. The third kappa shape index (κ3) is 2.79. The van der Waals surface area contributed by atoms with E-state index in [-0.39, 0.29) is 0 Å². The van der Waals surface area contributed by atoms with Gasteiger partial charge in [0.05, 0.1) is 6.10 Å². The number of nitrogen functional groups attached to an aromatic ring is 1. The number of anilines is 1. The van der Waals surface area contributed by atoms with Gasteiger partial charge in [-0.1, -0.05) is 12.1 Å². The number of aliphatic hydroxyl groups excluding tert-OH is 1. The van der Waals surface area contributed by atoms with Gasteiger partial charge in [-0.25, -0.2) is 0 Å². The van der Waals surface area contributed by atoms with E-state index in [1.807, 2.05) is 25.1 Å². The molecule has 1 fully saturated rings. The molecule has 0 aromatic heterocycles. The second kappa shape index (κ2) is 5.07. The molecular formula is C14H22N2O. The summed E-state index contributed by atoms with van der Waals surface area (Å²) < 4.78 is 0. The Labute approximate surface area is 103 Å². The average molecular weight is 234 g/mol. The number of nitrogens with two attached hydrogens (primary N) is 1. The van der Waals surface area contributed by atoms with Gasteiger partial charge in [0.15, 0.2) is 0 Å². The second-order valence-electron chi connectivity index (χ2n) is 5.22. The molecule has 3 N–H and O–H groups in total. The first-order valence-electron chi connectivity index (χ1n) is 6.30. The van der Waals surface area contributed by atoms with Crippen molar-refractivity contribution in [2.75, 3.05) is 25.9 Å². The van der Waals surface area contributed by atoms with Gasteiger partial charge >= 0.3 is 0 Å². The molecule has 1 unspecified atom stereocenters. The molecule has 0 bridgehead atoms. The average Bonchev–Trinajstić information content (AvgIpc) is 2.29. The quantitative estimate of drug-likeness (QED) is 0.769. The molecule has 0 spiro atoms. The van der Waals surface area contributed by atoms with Crippen LogP contribution in [0.2, 0.25) is 0 Å². The fraction of sp³-hybridized carbons (Fsp3) is 0.571. The van der Waals surface area contributed by atoms with E-state index in [1.54, 1.807) is 0 Å². The van der Waals surface area contributed by atoms with Crippen LogP contribution in [0.15, 0.2) is 18.2 Å². The summed E-state index contributed by atoms with van der Waals surface area (Å²) in [5.74, 6) is 0.344. The highest BCUT2D eigenvalue weighted by molar-refractivity contribution is 5.50. The number of aliphatic hydroxyl groups is 1. The smallest absolute Gasteiger partial charge is 0.0838 e. The van der Waals surface area contributed by atoms with Crippen molar-refractivity contribution in [2.24, 2.45) is 5.92 Å². The lowest BCUT2D eigenvalue weighted by Crippen LogP contribution is -2.32. The number of rotatable bonds is 2. The second-order valence-corrected chi connectivity index (χ2v) is 5.22. The van der Waals surface area contributed by atoms with Crippen LogP contribution in [0.4, 0.5) is 5.69 Å². The topological polar surface area (TPSA) is 49.5 Å². The highest BCUT2D eigenvalue weighted by atomic mass is 16.3. The number of likely N-dealkylation sites (tertiary alicyclic amines) is 1. The lowest BCUT2D eigenvalue weighted by molar-refractivity contribution is 0.0663. The predicted molar refractivity (Wildman–Crippen MR) is 70.8 cm³/mol. The molecule has 0 saturated carbocycles. The van der Waals surface area contributed by atoms with Crippen LogP contribution in [0.5, 0.6) is 0 Å². The Bertz CT molecular complexity index is 384. The Morgan fingerprint density at radius 1 is 1.35 bits per heavy atom. The van der Waals surface area contributed by atoms with Crippen molar-refractivity contribution in [3.05, 3.63) is 29.3 Å². The zero-order chi connectivity index (χ0) is 12.4. The van der Waals surface area contributed by atoms with Crippen molar-refractivity contribution in [2.45, 2.75) is 25.9 Å². The van der Waals surface area contributed by atoms with E-state index < -0.39 is 6.10 Å². The number of piperidine rings is 1. The molecule has 3 nitrogen and oxygen atoms in total. The molecule has 1 heterocycles. The Hall–Kier alpha value is -1.06. The molecule has 1 aromatic rings. The first kappa shape index (κ1) is 12.4. The summed E-state index contributed by atoms with van der Waals surface area (Å²) in [5.41, 5.74) is 8.74. The summed E-state index contributed by atoms with van der Waals surface area (Å²) in [6.45, 7) is 4.14. The van der Waals surface area contributed by atoms with Crippen molar-refractivity contribution >= 4 is 5.69 Å². The minimum absolute atomic E-state index is 0.344. The number of aryl methyl sites for hydroxylation is 1. The number of hydrogen-bond donors (Lipinski definition) is 2. The molecule has 1 atom stereocenters. The fourth-order valence-electron chi connectivity index (χ4n) is 2.56. The maximum atomic E-state index is 10.4. The zero-order valence-electron chi connectivity index (χ0n) is 10.7. The molecule has 94 valence electrons.